The van der Waals surface area contributed by atoms with Gasteiger partial charge in [-0.05, 0) is 55.7 Å². The number of benzene rings is 2. The van der Waals surface area contributed by atoms with Gasteiger partial charge in [0.2, 0.25) is 21.8 Å². The van der Waals surface area contributed by atoms with Gasteiger partial charge < -0.3 is 19.7 Å². The van der Waals surface area contributed by atoms with Crippen LogP contribution in [0.5, 0.6) is 11.5 Å². The SMILES string of the molecule is CC[C@@H](C)NC(=O)[C@H](CC)N(Cc1cccc(OC)c1)C(=O)CN(c1cc(Cl)ccc1OC)S(C)(=O)=O. The fourth-order valence-corrected chi connectivity index (χ4v) is 4.79. The van der Waals surface area contributed by atoms with Crippen LogP contribution in [0.25, 0.3) is 0 Å². The average molecular weight is 554 g/mol. The first-order valence-electron chi connectivity index (χ1n) is 12.0. The van der Waals surface area contributed by atoms with E-state index in [-0.39, 0.29) is 35.0 Å². The predicted octanol–water partition coefficient (Wildman–Crippen LogP) is 3.85. The number of hydrogen-bond donors (Lipinski definition) is 1. The second-order valence-electron chi connectivity index (χ2n) is 8.70. The first kappa shape index (κ1) is 30.2. The molecule has 204 valence electrons. The molecule has 0 aliphatic rings. The number of carbonyl (C=O) groups excluding carboxylic acids is 2. The molecule has 0 heterocycles. The lowest BCUT2D eigenvalue weighted by molar-refractivity contribution is -0.140. The molecule has 0 saturated carbocycles. The van der Waals surface area contributed by atoms with Crippen LogP contribution in [0, 0.1) is 0 Å². The lowest BCUT2D eigenvalue weighted by atomic mass is 10.1. The second-order valence-corrected chi connectivity index (χ2v) is 11.0. The number of rotatable bonds is 13. The highest BCUT2D eigenvalue weighted by Crippen LogP contribution is 2.33. The van der Waals surface area contributed by atoms with E-state index >= 15 is 0 Å². The highest BCUT2D eigenvalue weighted by Gasteiger charge is 2.33. The van der Waals surface area contributed by atoms with E-state index in [1.54, 1.807) is 38.3 Å². The van der Waals surface area contributed by atoms with Gasteiger partial charge in [0.15, 0.2) is 0 Å². The summed E-state index contributed by atoms with van der Waals surface area (Å²) in [5.74, 6) is -0.0206. The Bertz CT molecular complexity index is 1190. The number of ether oxygens (including phenoxy) is 2. The molecule has 2 rings (SSSR count). The van der Waals surface area contributed by atoms with Crippen molar-refractivity contribution in [1.29, 1.82) is 0 Å². The van der Waals surface area contributed by atoms with Crippen molar-refractivity contribution in [3.8, 4) is 11.5 Å². The van der Waals surface area contributed by atoms with E-state index in [0.29, 0.717) is 12.2 Å². The molecular formula is C26H36ClN3O6S. The number of hydrogen-bond acceptors (Lipinski definition) is 6. The standard InChI is InChI=1S/C26H36ClN3O6S/c1-7-18(3)28-26(32)22(8-2)29(16-19-10-9-11-21(14-19)35-4)25(31)17-30(37(6,33)34)23-15-20(27)12-13-24(23)36-5/h9-15,18,22H,7-8,16-17H2,1-6H3,(H,28,32)/t18-,22+/m1/s1. The van der Waals surface area contributed by atoms with Crippen molar-refractivity contribution in [2.75, 3.05) is 31.3 Å². The van der Waals surface area contributed by atoms with Gasteiger partial charge in [-0.3, -0.25) is 13.9 Å². The van der Waals surface area contributed by atoms with Gasteiger partial charge in [-0.1, -0.05) is 37.6 Å². The molecule has 0 radical (unpaired) electrons. The predicted molar refractivity (Wildman–Crippen MR) is 146 cm³/mol. The Morgan fingerprint density at radius 3 is 2.32 bits per heavy atom. The number of halogens is 1. The highest BCUT2D eigenvalue weighted by atomic mass is 35.5. The summed E-state index contributed by atoms with van der Waals surface area (Å²) in [6.07, 6.45) is 2.06. The van der Waals surface area contributed by atoms with Crippen LogP contribution in [0.4, 0.5) is 5.69 Å². The average Bonchev–Trinajstić information content (AvgIpc) is 2.86. The molecule has 2 aromatic rings. The van der Waals surface area contributed by atoms with Crippen molar-refractivity contribution < 1.29 is 27.5 Å². The molecule has 0 spiro atoms. The van der Waals surface area contributed by atoms with Crippen molar-refractivity contribution >= 4 is 39.1 Å². The Morgan fingerprint density at radius 2 is 1.76 bits per heavy atom. The van der Waals surface area contributed by atoms with Gasteiger partial charge in [-0.15, -0.1) is 0 Å². The molecule has 0 aromatic heterocycles. The van der Waals surface area contributed by atoms with E-state index in [2.05, 4.69) is 5.32 Å². The Morgan fingerprint density at radius 1 is 1.05 bits per heavy atom. The number of amides is 2. The largest absolute Gasteiger partial charge is 0.497 e. The van der Waals surface area contributed by atoms with Crippen LogP contribution in [-0.4, -0.2) is 64.2 Å². The monoisotopic (exact) mass is 553 g/mol. The molecule has 37 heavy (non-hydrogen) atoms. The summed E-state index contributed by atoms with van der Waals surface area (Å²) in [6, 6.07) is 10.8. The third kappa shape index (κ3) is 8.26. The van der Waals surface area contributed by atoms with E-state index < -0.39 is 28.5 Å². The first-order chi connectivity index (χ1) is 17.4. The van der Waals surface area contributed by atoms with E-state index in [9.17, 15) is 18.0 Å². The lowest BCUT2D eigenvalue weighted by Crippen LogP contribution is -2.53. The molecule has 0 aliphatic carbocycles. The van der Waals surface area contributed by atoms with Gasteiger partial charge >= 0.3 is 0 Å². The minimum Gasteiger partial charge on any atom is -0.497 e. The summed E-state index contributed by atoms with van der Waals surface area (Å²) in [5.41, 5.74) is 0.859. The van der Waals surface area contributed by atoms with Gasteiger partial charge in [-0.25, -0.2) is 8.42 Å². The summed E-state index contributed by atoms with van der Waals surface area (Å²) in [7, 11) is -0.989. The van der Waals surface area contributed by atoms with Crippen LogP contribution in [0.3, 0.4) is 0 Å². The molecule has 9 nitrogen and oxygen atoms in total. The number of carbonyl (C=O) groups is 2. The Labute approximate surface area is 224 Å². The summed E-state index contributed by atoms with van der Waals surface area (Å²) in [4.78, 5) is 28.4. The first-order valence-corrected chi connectivity index (χ1v) is 14.2. The van der Waals surface area contributed by atoms with Gasteiger partial charge in [0, 0.05) is 17.6 Å². The quantitative estimate of drug-likeness (QED) is 0.404. The maximum Gasteiger partial charge on any atom is 0.244 e. The normalized spacial score (nSPS) is 12.8. The molecule has 2 aromatic carbocycles. The second kappa shape index (κ2) is 13.5. The summed E-state index contributed by atoms with van der Waals surface area (Å²) in [5, 5.41) is 3.22. The molecule has 0 saturated heterocycles. The number of anilines is 1. The number of methoxy groups -OCH3 is 2. The van der Waals surface area contributed by atoms with Gasteiger partial charge in [0.1, 0.15) is 24.1 Å². The number of sulfonamides is 1. The van der Waals surface area contributed by atoms with Crippen LogP contribution in [0.1, 0.15) is 39.2 Å². The van der Waals surface area contributed by atoms with Crippen LogP contribution in [0.15, 0.2) is 42.5 Å². The minimum absolute atomic E-state index is 0.0761. The molecule has 0 unspecified atom stereocenters. The summed E-state index contributed by atoms with van der Waals surface area (Å²) < 4.78 is 37.2. The van der Waals surface area contributed by atoms with Crippen molar-refractivity contribution in [3.63, 3.8) is 0 Å². The molecular weight excluding hydrogens is 518 g/mol. The topological polar surface area (TPSA) is 105 Å². The Kier molecular flexibility index (Phi) is 11.1. The zero-order valence-corrected chi connectivity index (χ0v) is 23.7. The fraction of sp³-hybridized carbons (Fsp3) is 0.462. The van der Waals surface area contributed by atoms with Crippen LogP contribution in [-0.2, 0) is 26.2 Å². The van der Waals surface area contributed by atoms with E-state index in [1.165, 1.54) is 24.1 Å². The fourth-order valence-electron chi connectivity index (χ4n) is 3.78. The zero-order chi connectivity index (χ0) is 27.8. The zero-order valence-electron chi connectivity index (χ0n) is 22.2. The molecule has 1 N–H and O–H groups in total. The van der Waals surface area contributed by atoms with Crippen molar-refractivity contribution in [2.24, 2.45) is 0 Å². The molecule has 0 bridgehead atoms. The molecule has 11 heteroatoms. The smallest absolute Gasteiger partial charge is 0.244 e. The third-order valence-corrected chi connectivity index (χ3v) is 7.32. The number of nitrogens with zero attached hydrogens (tertiary/aromatic N) is 2. The van der Waals surface area contributed by atoms with Crippen LogP contribution < -0.4 is 19.1 Å². The summed E-state index contributed by atoms with van der Waals surface area (Å²) >= 11 is 6.14. The van der Waals surface area contributed by atoms with E-state index in [1.807, 2.05) is 19.9 Å². The highest BCUT2D eigenvalue weighted by molar-refractivity contribution is 7.92. The van der Waals surface area contributed by atoms with Crippen molar-refractivity contribution in [2.45, 2.75) is 52.2 Å². The molecule has 0 aliphatic heterocycles. The maximum atomic E-state index is 13.8. The van der Waals surface area contributed by atoms with Gasteiger partial charge in [0.25, 0.3) is 0 Å². The minimum atomic E-state index is -3.93. The van der Waals surface area contributed by atoms with E-state index in [4.69, 9.17) is 21.1 Å². The summed E-state index contributed by atoms with van der Waals surface area (Å²) in [6.45, 7) is 5.17. The van der Waals surface area contributed by atoms with E-state index in [0.717, 1.165) is 22.5 Å². The maximum absolute atomic E-state index is 13.8. The van der Waals surface area contributed by atoms with Crippen LogP contribution in [0.2, 0.25) is 5.02 Å². The van der Waals surface area contributed by atoms with Gasteiger partial charge in [-0.2, -0.15) is 0 Å². The molecule has 2 amide bonds. The van der Waals surface area contributed by atoms with Crippen molar-refractivity contribution in [1.82, 2.24) is 10.2 Å². The Hall–Kier alpha value is -2.98. The van der Waals surface area contributed by atoms with Crippen molar-refractivity contribution in [3.05, 3.63) is 53.1 Å². The molecule has 0 fully saturated rings. The third-order valence-electron chi connectivity index (χ3n) is 5.96. The number of nitrogens with one attached hydrogen (secondary N) is 1. The Balaban J connectivity index is 2.53. The van der Waals surface area contributed by atoms with Gasteiger partial charge in [0.05, 0.1) is 26.2 Å². The lowest BCUT2D eigenvalue weighted by Gasteiger charge is -2.33. The van der Waals surface area contributed by atoms with Crippen LogP contribution >= 0.6 is 11.6 Å². The molecule has 2 atom stereocenters.